The minimum Gasteiger partial charge on any atom is -0.240 e. The Hall–Kier alpha value is -0.0600. The predicted octanol–water partition coefficient (Wildman–Crippen LogP) is 1.14. The molecule has 0 radical (unpaired) electrons. The number of alkyl halides is 1. The van der Waals surface area contributed by atoms with Crippen LogP contribution in [0.25, 0.3) is 0 Å². The summed E-state index contributed by atoms with van der Waals surface area (Å²) in [6.45, 7) is 1.14. The van der Waals surface area contributed by atoms with E-state index in [0.29, 0.717) is 0 Å². The van der Waals surface area contributed by atoms with Crippen LogP contribution < -0.4 is 4.57 Å². The standard InChI is InChI=1S/C7H12IN2/c1-9-5-6-10(7-9)4-2-3-8/h5-7H,2-4H2,1H3/q+1. The van der Waals surface area contributed by atoms with Gasteiger partial charge in [0.15, 0.2) is 0 Å². The monoisotopic (exact) mass is 251 g/mol. The summed E-state index contributed by atoms with van der Waals surface area (Å²) in [5.74, 6) is 0. The second-order valence-electron chi connectivity index (χ2n) is 2.36. The molecule has 3 heteroatoms. The molecule has 0 spiro atoms. The van der Waals surface area contributed by atoms with Crippen molar-refractivity contribution < 1.29 is 4.57 Å². The Kier molecular flexibility index (Phi) is 3.18. The number of imidazole rings is 1. The molecule has 0 saturated carbocycles. The van der Waals surface area contributed by atoms with E-state index >= 15 is 0 Å². The van der Waals surface area contributed by atoms with E-state index in [1.165, 1.54) is 10.8 Å². The molecule has 0 aliphatic heterocycles. The molecule has 10 heavy (non-hydrogen) atoms. The Morgan fingerprint density at radius 3 is 2.90 bits per heavy atom. The zero-order chi connectivity index (χ0) is 7.40. The first-order valence-corrected chi connectivity index (χ1v) is 4.92. The zero-order valence-electron chi connectivity index (χ0n) is 6.13. The van der Waals surface area contributed by atoms with E-state index in [0.717, 1.165) is 6.54 Å². The van der Waals surface area contributed by atoms with E-state index in [-0.39, 0.29) is 0 Å². The largest absolute Gasteiger partial charge is 0.243 e. The topological polar surface area (TPSA) is 8.81 Å². The third-order valence-electron chi connectivity index (χ3n) is 1.37. The molecule has 1 rings (SSSR count). The molecule has 0 N–H and O–H groups in total. The van der Waals surface area contributed by atoms with Crippen molar-refractivity contribution in [3.63, 3.8) is 0 Å². The Morgan fingerprint density at radius 1 is 1.60 bits per heavy atom. The molecular weight excluding hydrogens is 239 g/mol. The van der Waals surface area contributed by atoms with Crippen molar-refractivity contribution in [1.29, 1.82) is 0 Å². The van der Waals surface area contributed by atoms with Gasteiger partial charge in [-0.15, -0.1) is 0 Å². The fraction of sp³-hybridized carbons (Fsp3) is 0.571. The van der Waals surface area contributed by atoms with Crippen LogP contribution in [-0.4, -0.2) is 8.99 Å². The summed E-state index contributed by atoms with van der Waals surface area (Å²) in [4.78, 5) is 0. The number of nitrogens with zero attached hydrogens (tertiary/aromatic N) is 2. The van der Waals surface area contributed by atoms with Crippen LogP contribution in [0.5, 0.6) is 0 Å². The third kappa shape index (κ3) is 2.28. The van der Waals surface area contributed by atoms with E-state index in [2.05, 4.69) is 50.4 Å². The summed E-state index contributed by atoms with van der Waals surface area (Å²) in [6.07, 6.45) is 7.53. The maximum atomic E-state index is 2.40. The molecule has 0 aliphatic carbocycles. The van der Waals surface area contributed by atoms with Gasteiger partial charge in [0.2, 0.25) is 6.33 Å². The van der Waals surface area contributed by atoms with Crippen LogP contribution in [0.2, 0.25) is 0 Å². The van der Waals surface area contributed by atoms with Crippen molar-refractivity contribution in [3.05, 3.63) is 18.7 Å². The predicted molar refractivity (Wildman–Crippen MR) is 49.1 cm³/mol. The first kappa shape index (κ1) is 8.04. The Balaban J connectivity index is 2.42. The summed E-state index contributed by atoms with van der Waals surface area (Å²) in [5, 5.41) is 0. The van der Waals surface area contributed by atoms with Gasteiger partial charge >= 0.3 is 0 Å². The molecule has 0 amide bonds. The smallest absolute Gasteiger partial charge is 0.240 e. The van der Waals surface area contributed by atoms with Crippen molar-refractivity contribution in [2.45, 2.75) is 13.0 Å². The lowest BCUT2D eigenvalue weighted by Gasteiger charge is -1.89. The van der Waals surface area contributed by atoms with Gasteiger partial charge in [0.05, 0.1) is 13.6 Å². The summed E-state index contributed by atoms with van der Waals surface area (Å²) in [5.41, 5.74) is 0. The van der Waals surface area contributed by atoms with Gasteiger partial charge in [0.1, 0.15) is 12.4 Å². The maximum absolute atomic E-state index is 2.40. The van der Waals surface area contributed by atoms with E-state index in [9.17, 15) is 0 Å². The Bertz CT molecular complexity index is 195. The number of halogens is 1. The molecule has 1 heterocycles. The molecule has 0 aromatic carbocycles. The van der Waals surface area contributed by atoms with E-state index in [4.69, 9.17) is 0 Å². The van der Waals surface area contributed by atoms with Crippen LogP contribution in [0.1, 0.15) is 6.42 Å². The minimum atomic E-state index is 1.14. The summed E-state index contributed by atoms with van der Waals surface area (Å²) in [6, 6.07) is 0. The molecule has 1 aromatic rings. The average Bonchev–Trinajstić information content (AvgIpc) is 2.31. The van der Waals surface area contributed by atoms with E-state index < -0.39 is 0 Å². The summed E-state index contributed by atoms with van der Waals surface area (Å²) in [7, 11) is 2.04. The molecule has 0 saturated heterocycles. The Labute approximate surface area is 75.0 Å². The molecule has 0 bridgehead atoms. The summed E-state index contributed by atoms with van der Waals surface area (Å²) >= 11 is 2.40. The number of aryl methyl sites for hydroxylation is 2. The highest BCUT2D eigenvalue weighted by molar-refractivity contribution is 14.1. The molecular formula is C7H12IN2+. The molecule has 0 aliphatic rings. The molecule has 1 aromatic heterocycles. The van der Waals surface area contributed by atoms with Crippen LogP contribution >= 0.6 is 22.6 Å². The first-order chi connectivity index (χ1) is 4.83. The van der Waals surface area contributed by atoms with Gasteiger partial charge in [-0.2, -0.15) is 0 Å². The second kappa shape index (κ2) is 3.95. The highest BCUT2D eigenvalue weighted by atomic mass is 127. The molecule has 0 atom stereocenters. The first-order valence-electron chi connectivity index (χ1n) is 3.40. The van der Waals surface area contributed by atoms with Gasteiger partial charge in [0, 0.05) is 4.43 Å². The average molecular weight is 251 g/mol. The van der Waals surface area contributed by atoms with Crippen molar-refractivity contribution >= 4 is 22.6 Å². The lowest BCUT2D eigenvalue weighted by atomic mass is 10.5. The lowest BCUT2D eigenvalue weighted by molar-refractivity contribution is -0.696. The summed E-state index contributed by atoms with van der Waals surface area (Å²) < 4.78 is 5.51. The number of hydrogen-bond acceptors (Lipinski definition) is 0. The quantitative estimate of drug-likeness (QED) is 0.432. The van der Waals surface area contributed by atoms with Crippen LogP contribution in [0.15, 0.2) is 18.7 Å². The van der Waals surface area contributed by atoms with Crippen LogP contribution in [0, 0.1) is 0 Å². The van der Waals surface area contributed by atoms with Gasteiger partial charge in [-0.25, -0.2) is 9.13 Å². The minimum absolute atomic E-state index is 1.14. The van der Waals surface area contributed by atoms with Crippen molar-refractivity contribution in [3.8, 4) is 0 Å². The SMILES string of the molecule is Cn1cc[n+](CCCI)c1. The van der Waals surface area contributed by atoms with Crippen molar-refractivity contribution in [2.75, 3.05) is 4.43 Å². The van der Waals surface area contributed by atoms with Crippen LogP contribution in [0.3, 0.4) is 0 Å². The van der Waals surface area contributed by atoms with Gasteiger partial charge < -0.3 is 0 Å². The van der Waals surface area contributed by atoms with Gasteiger partial charge in [-0.05, 0) is 6.42 Å². The highest BCUT2D eigenvalue weighted by Gasteiger charge is 1.96. The highest BCUT2D eigenvalue weighted by Crippen LogP contribution is 1.87. The molecule has 56 valence electrons. The number of rotatable bonds is 3. The van der Waals surface area contributed by atoms with E-state index in [1.54, 1.807) is 0 Å². The van der Waals surface area contributed by atoms with Crippen LogP contribution in [-0.2, 0) is 13.6 Å². The van der Waals surface area contributed by atoms with Gasteiger partial charge in [0.25, 0.3) is 0 Å². The number of hydrogen-bond donors (Lipinski definition) is 0. The van der Waals surface area contributed by atoms with E-state index in [1.807, 2.05) is 7.05 Å². The van der Waals surface area contributed by atoms with Gasteiger partial charge in [-0.1, -0.05) is 22.6 Å². The number of aromatic nitrogens is 2. The fourth-order valence-corrected chi connectivity index (χ4v) is 1.22. The van der Waals surface area contributed by atoms with Crippen molar-refractivity contribution in [2.24, 2.45) is 7.05 Å². The lowest BCUT2D eigenvalue weighted by Crippen LogP contribution is -2.30. The fourth-order valence-electron chi connectivity index (χ4n) is 0.876. The molecule has 2 nitrogen and oxygen atoms in total. The van der Waals surface area contributed by atoms with Crippen LogP contribution in [0.4, 0.5) is 0 Å². The maximum Gasteiger partial charge on any atom is 0.243 e. The van der Waals surface area contributed by atoms with Crippen molar-refractivity contribution in [1.82, 2.24) is 4.57 Å². The Morgan fingerprint density at radius 2 is 2.40 bits per heavy atom. The molecule has 0 unspecified atom stereocenters. The zero-order valence-corrected chi connectivity index (χ0v) is 8.28. The third-order valence-corrected chi connectivity index (χ3v) is 2.14. The van der Waals surface area contributed by atoms with Gasteiger partial charge in [-0.3, -0.25) is 0 Å². The second-order valence-corrected chi connectivity index (χ2v) is 3.44. The molecule has 0 fully saturated rings. The normalized spacial score (nSPS) is 10.2.